The van der Waals surface area contributed by atoms with E-state index in [1.54, 1.807) is 49.5 Å². The standard InChI is InChI=1S/C17H17ClFNO/c1-12(13-7-4-6-10-16(13)19)20(2)11-17(21)14-8-3-5-9-15(14)18/h3-10,12H,11H2,1-2H3. The minimum atomic E-state index is -0.262. The Hall–Kier alpha value is -1.71. The van der Waals surface area contributed by atoms with Crippen molar-refractivity contribution in [2.24, 2.45) is 0 Å². The average Bonchev–Trinajstić information content (AvgIpc) is 2.47. The highest BCUT2D eigenvalue weighted by Gasteiger charge is 2.19. The first-order chi connectivity index (χ1) is 10.0. The first-order valence-electron chi connectivity index (χ1n) is 6.73. The molecule has 21 heavy (non-hydrogen) atoms. The van der Waals surface area contributed by atoms with Crippen molar-refractivity contribution in [1.82, 2.24) is 4.90 Å². The van der Waals surface area contributed by atoms with Crippen molar-refractivity contribution < 1.29 is 9.18 Å². The summed E-state index contributed by atoms with van der Waals surface area (Å²) in [6.07, 6.45) is 0. The molecule has 0 bridgehead atoms. The van der Waals surface area contributed by atoms with Gasteiger partial charge in [-0.3, -0.25) is 9.69 Å². The zero-order valence-electron chi connectivity index (χ0n) is 12.0. The maximum absolute atomic E-state index is 13.8. The van der Waals surface area contributed by atoms with Crippen LogP contribution in [0.3, 0.4) is 0 Å². The van der Waals surface area contributed by atoms with Gasteiger partial charge >= 0.3 is 0 Å². The fraction of sp³-hybridized carbons (Fsp3) is 0.235. The molecule has 110 valence electrons. The summed E-state index contributed by atoms with van der Waals surface area (Å²) >= 11 is 6.03. The molecule has 0 heterocycles. The predicted octanol–water partition coefficient (Wildman–Crippen LogP) is 4.35. The van der Waals surface area contributed by atoms with Gasteiger partial charge in [-0.1, -0.05) is 41.9 Å². The Labute approximate surface area is 129 Å². The van der Waals surface area contributed by atoms with Crippen LogP contribution in [-0.4, -0.2) is 24.3 Å². The van der Waals surface area contributed by atoms with Crippen molar-refractivity contribution in [3.05, 3.63) is 70.5 Å². The van der Waals surface area contributed by atoms with E-state index in [0.29, 0.717) is 16.1 Å². The normalized spacial score (nSPS) is 12.4. The van der Waals surface area contributed by atoms with Gasteiger partial charge in [0.2, 0.25) is 0 Å². The molecule has 2 aromatic carbocycles. The van der Waals surface area contributed by atoms with E-state index in [1.807, 2.05) is 11.8 Å². The monoisotopic (exact) mass is 305 g/mol. The third-order valence-electron chi connectivity index (χ3n) is 3.58. The van der Waals surface area contributed by atoms with E-state index >= 15 is 0 Å². The van der Waals surface area contributed by atoms with E-state index in [2.05, 4.69) is 0 Å². The Morgan fingerprint density at radius 1 is 1.19 bits per heavy atom. The second-order valence-electron chi connectivity index (χ2n) is 5.02. The van der Waals surface area contributed by atoms with Gasteiger partial charge in [0.1, 0.15) is 5.82 Å². The molecule has 0 N–H and O–H groups in total. The smallest absolute Gasteiger partial charge is 0.178 e. The minimum absolute atomic E-state index is 0.0775. The van der Waals surface area contributed by atoms with E-state index in [9.17, 15) is 9.18 Å². The van der Waals surface area contributed by atoms with Gasteiger partial charge in [0, 0.05) is 17.2 Å². The molecule has 0 amide bonds. The Morgan fingerprint density at radius 3 is 2.48 bits per heavy atom. The molecular formula is C17H17ClFNO. The number of carbonyl (C=O) groups excluding carboxylic acids is 1. The number of halogens is 2. The molecular weight excluding hydrogens is 289 g/mol. The quantitative estimate of drug-likeness (QED) is 0.765. The number of hydrogen-bond donors (Lipinski definition) is 0. The number of nitrogens with zero attached hydrogens (tertiary/aromatic N) is 1. The third-order valence-corrected chi connectivity index (χ3v) is 3.91. The zero-order chi connectivity index (χ0) is 15.4. The number of benzene rings is 2. The van der Waals surface area contributed by atoms with Crippen molar-refractivity contribution in [1.29, 1.82) is 0 Å². The fourth-order valence-electron chi connectivity index (χ4n) is 2.19. The van der Waals surface area contributed by atoms with Crippen molar-refractivity contribution >= 4 is 17.4 Å². The van der Waals surface area contributed by atoms with Crippen LogP contribution >= 0.6 is 11.6 Å². The second-order valence-corrected chi connectivity index (χ2v) is 5.42. The van der Waals surface area contributed by atoms with Crippen LogP contribution in [0.1, 0.15) is 28.9 Å². The highest BCUT2D eigenvalue weighted by Crippen LogP contribution is 2.22. The Bertz CT molecular complexity index is 644. The molecule has 0 aromatic heterocycles. The SMILES string of the molecule is CC(c1ccccc1F)N(C)CC(=O)c1ccccc1Cl. The summed E-state index contributed by atoms with van der Waals surface area (Å²) in [5.41, 5.74) is 1.07. The highest BCUT2D eigenvalue weighted by atomic mass is 35.5. The Balaban J connectivity index is 2.11. The topological polar surface area (TPSA) is 20.3 Å². The molecule has 2 aromatic rings. The average molecular weight is 306 g/mol. The summed E-state index contributed by atoms with van der Waals surface area (Å²) in [6, 6.07) is 13.4. The molecule has 0 aliphatic rings. The van der Waals surface area contributed by atoms with E-state index in [4.69, 9.17) is 11.6 Å². The predicted molar refractivity (Wildman–Crippen MR) is 83.2 cm³/mol. The van der Waals surface area contributed by atoms with Crippen LogP contribution in [0.2, 0.25) is 5.02 Å². The molecule has 2 nitrogen and oxygen atoms in total. The van der Waals surface area contributed by atoms with Crippen LogP contribution in [0, 0.1) is 5.82 Å². The van der Waals surface area contributed by atoms with Gasteiger partial charge in [-0.2, -0.15) is 0 Å². The molecule has 0 radical (unpaired) electrons. The number of hydrogen-bond acceptors (Lipinski definition) is 2. The van der Waals surface area contributed by atoms with Gasteiger partial charge in [-0.05, 0) is 32.2 Å². The zero-order valence-corrected chi connectivity index (χ0v) is 12.8. The third kappa shape index (κ3) is 3.69. The minimum Gasteiger partial charge on any atom is -0.293 e. The number of likely N-dealkylation sites (N-methyl/N-ethyl adjacent to an activating group) is 1. The molecule has 0 aliphatic heterocycles. The fourth-order valence-corrected chi connectivity index (χ4v) is 2.43. The van der Waals surface area contributed by atoms with Crippen molar-refractivity contribution in [2.45, 2.75) is 13.0 Å². The van der Waals surface area contributed by atoms with E-state index in [1.165, 1.54) is 6.07 Å². The molecule has 1 unspecified atom stereocenters. The first kappa shape index (κ1) is 15.7. The summed E-state index contributed by atoms with van der Waals surface area (Å²) in [4.78, 5) is 14.1. The van der Waals surface area contributed by atoms with Crippen molar-refractivity contribution in [3.8, 4) is 0 Å². The van der Waals surface area contributed by atoms with Crippen LogP contribution < -0.4 is 0 Å². The van der Waals surface area contributed by atoms with Gasteiger partial charge in [-0.25, -0.2) is 4.39 Å². The molecule has 0 spiro atoms. The molecule has 2 rings (SSSR count). The van der Waals surface area contributed by atoms with Gasteiger partial charge in [0.25, 0.3) is 0 Å². The van der Waals surface area contributed by atoms with Crippen molar-refractivity contribution in [3.63, 3.8) is 0 Å². The molecule has 1 atom stereocenters. The lowest BCUT2D eigenvalue weighted by Crippen LogP contribution is -2.29. The van der Waals surface area contributed by atoms with Crippen molar-refractivity contribution in [2.75, 3.05) is 13.6 Å². The van der Waals surface area contributed by atoms with E-state index < -0.39 is 0 Å². The summed E-state index contributed by atoms with van der Waals surface area (Å²) in [7, 11) is 1.80. The van der Waals surface area contributed by atoms with Crippen LogP contribution in [0.15, 0.2) is 48.5 Å². The van der Waals surface area contributed by atoms with Gasteiger partial charge in [0.15, 0.2) is 5.78 Å². The van der Waals surface area contributed by atoms with Crippen LogP contribution in [-0.2, 0) is 0 Å². The molecule has 0 saturated heterocycles. The maximum Gasteiger partial charge on any atom is 0.178 e. The van der Waals surface area contributed by atoms with Crippen LogP contribution in [0.4, 0.5) is 4.39 Å². The van der Waals surface area contributed by atoms with Gasteiger partial charge < -0.3 is 0 Å². The first-order valence-corrected chi connectivity index (χ1v) is 7.11. The second kappa shape index (κ2) is 6.83. The number of carbonyl (C=O) groups is 1. The summed E-state index contributed by atoms with van der Waals surface area (Å²) < 4.78 is 13.8. The lowest BCUT2D eigenvalue weighted by Gasteiger charge is -2.24. The lowest BCUT2D eigenvalue weighted by atomic mass is 10.1. The largest absolute Gasteiger partial charge is 0.293 e. The summed E-state index contributed by atoms with van der Waals surface area (Å²) in [5, 5.41) is 0.439. The summed E-state index contributed by atoms with van der Waals surface area (Å²) in [6.45, 7) is 2.05. The van der Waals surface area contributed by atoms with E-state index in [0.717, 1.165) is 0 Å². The molecule has 0 fully saturated rings. The Kier molecular flexibility index (Phi) is 5.10. The number of rotatable bonds is 5. The lowest BCUT2D eigenvalue weighted by molar-refractivity contribution is 0.0923. The molecule has 0 saturated carbocycles. The van der Waals surface area contributed by atoms with Gasteiger partial charge in [-0.15, -0.1) is 0 Å². The Morgan fingerprint density at radius 2 is 1.81 bits per heavy atom. The van der Waals surface area contributed by atoms with Crippen LogP contribution in [0.5, 0.6) is 0 Å². The molecule has 0 aliphatic carbocycles. The maximum atomic E-state index is 13.8. The van der Waals surface area contributed by atoms with Gasteiger partial charge in [0.05, 0.1) is 11.6 Å². The number of ketones is 1. The summed E-state index contributed by atoms with van der Waals surface area (Å²) in [5.74, 6) is -0.340. The number of Topliss-reactive ketones (excluding diaryl/α,β-unsaturated/α-hetero) is 1. The van der Waals surface area contributed by atoms with Crippen LogP contribution in [0.25, 0.3) is 0 Å². The van der Waals surface area contributed by atoms with E-state index in [-0.39, 0.29) is 24.2 Å². The highest BCUT2D eigenvalue weighted by molar-refractivity contribution is 6.34. The molecule has 4 heteroatoms.